The van der Waals surface area contributed by atoms with Crippen molar-refractivity contribution < 1.29 is 18.0 Å². The fraction of sp³-hybridized carbons (Fsp3) is 0.250. The quantitative estimate of drug-likeness (QED) is 0.304. The Bertz CT molecular complexity index is 333. The number of halogens is 3. The SMILES string of the molecule is C=C(CC=C(/C=C\C)/C=C/C=O)C(F)(F)F. The van der Waals surface area contributed by atoms with Crippen LogP contribution in [0.25, 0.3) is 0 Å². The summed E-state index contributed by atoms with van der Waals surface area (Å²) in [7, 11) is 0. The van der Waals surface area contributed by atoms with Crippen LogP contribution in [0.5, 0.6) is 0 Å². The molecule has 0 radical (unpaired) electrons. The molecule has 0 aliphatic carbocycles. The van der Waals surface area contributed by atoms with E-state index in [-0.39, 0.29) is 6.42 Å². The zero-order chi connectivity index (χ0) is 12.6. The molecule has 0 saturated heterocycles. The lowest BCUT2D eigenvalue weighted by Gasteiger charge is -2.07. The lowest BCUT2D eigenvalue weighted by molar-refractivity contribution is -0.104. The Hall–Kier alpha value is -1.58. The Kier molecular flexibility index (Phi) is 6.15. The highest BCUT2D eigenvalue weighted by Crippen LogP contribution is 2.27. The second-order valence-electron chi connectivity index (χ2n) is 3.00. The monoisotopic (exact) mass is 230 g/mol. The lowest BCUT2D eigenvalue weighted by Crippen LogP contribution is -2.09. The number of rotatable bonds is 5. The highest BCUT2D eigenvalue weighted by atomic mass is 19.4. The van der Waals surface area contributed by atoms with Gasteiger partial charge in [0, 0.05) is 5.57 Å². The minimum absolute atomic E-state index is 0.285. The highest BCUT2D eigenvalue weighted by Gasteiger charge is 2.30. The molecule has 0 bridgehead atoms. The first-order valence-corrected chi connectivity index (χ1v) is 4.61. The van der Waals surface area contributed by atoms with Crippen LogP contribution in [0.2, 0.25) is 0 Å². The second kappa shape index (κ2) is 6.82. The number of allylic oxidation sites excluding steroid dienone is 7. The Labute approximate surface area is 92.7 Å². The summed E-state index contributed by atoms with van der Waals surface area (Å²) in [4.78, 5) is 10.1. The first-order chi connectivity index (χ1) is 7.41. The maximum atomic E-state index is 12.1. The summed E-state index contributed by atoms with van der Waals surface area (Å²) in [6.45, 7) is 4.69. The largest absolute Gasteiger partial charge is 0.412 e. The van der Waals surface area contributed by atoms with Crippen LogP contribution >= 0.6 is 0 Å². The van der Waals surface area contributed by atoms with E-state index in [0.29, 0.717) is 11.9 Å². The number of hydrogen-bond donors (Lipinski definition) is 0. The van der Waals surface area contributed by atoms with E-state index in [1.54, 1.807) is 19.1 Å². The number of alkyl halides is 3. The van der Waals surface area contributed by atoms with Crippen molar-refractivity contribution in [3.05, 3.63) is 48.1 Å². The zero-order valence-electron chi connectivity index (χ0n) is 8.92. The van der Waals surface area contributed by atoms with E-state index in [1.807, 2.05) is 0 Å². The molecule has 0 aromatic rings. The van der Waals surface area contributed by atoms with Crippen LogP contribution in [0.15, 0.2) is 48.1 Å². The molecule has 0 heterocycles. The van der Waals surface area contributed by atoms with Crippen molar-refractivity contribution in [2.75, 3.05) is 0 Å². The van der Waals surface area contributed by atoms with Gasteiger partial charge in [0.25, 0.3) is 0 Å². The molecule has 1 nitrogen and oxygen atoms in total. The normalized spacial score (nSPS) is 13.6. The summed E-state index contributed by atoms with van der Waals surface area (Å²) >= 11 is 0. The molecular formula is C12H13F3O. The maximum absolute atomic E-state index is 12.1. The summed E-state index contributed by atoms with van der Waals surface area (Å²) < 4.78 is 36.3. The molecule has 88 valence electrons. The maximum Gasteiger partial charge on any atom is 0.412 e. The minimum Gasteiger partial charge on any atom is -0.299 e. The molecule has 0 aliphatic heterocycles. The molecule has 0 spiro atoms. The number of hydrogen-bond acceptors (Lipinski definition) is 1. The number of aldehydes is 1. The molecule has 0 aliphatic rings. The van der Waals surface area contributed by atoms with E-state index in [0.717, 1.165) is 0 Å². The molecule has 0 saturated carbocycles. The smallest absolute Gasteiger partial charge is 0.299 e. The first-order valence-electron chi connectivity index (χ1n) is 4.61. The summed E-state index contributed by atoms with van der Waals surface area (Å²) in [6, 6.07) is 0. The van der Waals surface area contributed by atoms with Crippen LogP contribution in [-0.4, -0.2) is 12.5 Å². The van der Waals surface area contributed by atoms with Gasteiger partial charge in [0.1, 0.15) is 6.29 Å². The molecule has 16 heavy (non-hydrogen) atoms. The predicted molar refractivity (Wildman–Crippen MR) is 57.9 cm³/mol. The summed E-state index contributed by atoms with van der Waals surface area (Å²) in [5.41, 5.74) is -0.269. The van der Waals surface area contributed by atoms with Gasteiger partial charge in [-0.2, -0.15) is 13.2 Å². The Morgan fingerprint density at radius 3 is 2.38 bits per heavy atom. The topological polar surface area (TPSA) is 17.1 Å². The third-order valence-corrected chi connectivity index (χ3v) is 1.71. The van der Waals surface area contributed by atoms with Crippen LogP contribution in [0.3, 0.4) is 0 Å². The van der Waals surface area contributed by atoms with Gasteiger partial charge in [0.2, 0.25) is 0 Å². The van der Waals surface area contributed by atoms with Crippen LogP contribution in [0.1, 0.15) is 13.3 Å². The van der Waals surface area contributed by atoms with E-state index in [9.17, 15) is 18.0 Å². The highest BCUT2D eigenvalue weighted by molar-refractivity contribution is 5.66. The number of carbonyl (C=O) groups is 1. The molecular weight excluding hydrogens is 217 g/mol. The second-order valence-corrected chi connectivity index (χ2v) is 3.00. The predicted octanol–water partition coefficient (Wildman–Crippen LogP) is 3.75. The molecule has 0 aromatic carbocycles. The van der Waals surface area contributed by atoms with Gasteiger partial charge >= 0.3 is 6.18 Å². The molecule has 0 unspecified atom stereocenters. The summed E-state index contributed by atoms with van der Waals surface area (Å²) in [5, 5.41) is 0. The Morgan fingerprint density at radius 2 is 1.94 bits per heavy atom. The Morgan fingerprint density at radius 1 is 1.31 bits per heavy atom. The summed E-state index contributed by atoms with van der Waals surface area (Å²) in [5.74, 6) is 0. The molecule has 4 heteroatoms. The van der Waals surface area contributed by atoms with E-state index >= 15 is 0 Å². The molecule has 0 rings (SSSR count). The average Bonchev–Trinajstić information content (AvgIpc) is 2.20. The molecule has 0 amide bonds. The van der Waals surface area contributed by atoms with Crippen LogP contribution < -0.4 is 0 Å². The molecule has 0 fully saturated rings. The van der Waals surface area contributed by atoms with Gasteiger partial charge in [-0.1, -0.05) is 30.9 Å². The van der Waals surface area contributed by atoms with Crippen molar-refractivity contribution in [2.24, 2.45) is 0 Å². The minimum atomic E-state index is -4.37. The fourth-order valence-corrected chi connectivity index (χ4v) is 0.891. The van der Waals surface area contributed by atoms with Crippen LogP contribution in [0.4, 0.5) is 13.2 Å². The van der Waals surface area contributed by atoms with Gasteiger partial charge in [0.15, 0.2) is 0 Å². The molecule has 0 atom stereocenters. The van der Waals surface area contributed by atoms with Crippen LogP contribution in [0, 0.1) is 0 Å². The first kappa shape index (κ1) is 14.4. The standard InChI is InChI=1S/C12H13F3O/c1-3-5-11(6-4-9-16)8-7-10(2)12(13,14)15/h3-6,8-9H,2,7H2,1H3/b5-3-,6-4+,11-8?. The fourth-order valence-electron chi connectivity index (χ4n) is 0.891. The van der Waals surface area contributed by atoms with Crippen molar-refractivity contribution in [1.29, 1.82) is 0 Å². The third-order valence-electron chi connectivity index (χ3n) is 1.71. The van der Waals surface area contributed by atoms with Gasteiger partial charge in [-0.25, -0.2) is 0 Å². The summed E-state index contributed by atoms with van der Waals surface area (Å²) in [6.07, 6.45) is 3.24. The van der Waals surface area contributed by atoms with Crippen molar-refractivity contribution in [3.8, 4) is 0 Å². The van der Waals surface area contributed by atoms with Gasteiger partial charge in [-0.15, -0.1) is 0 Å². The van der Waals surface area contributed by atoms with E-state index < -0.39 is 11.7 Å². The van der Waals surface area contributed by atoms with Crippen molar-refractivity contribution >= 4 is 6.29 Å². The van der Waals surface area contributed by atoms with Gasteiger partial charge in [-0.3, -0.25) is 4.79 Å². The van der Waals surface area contributed by atoms with Crippen molar-refractivity contribution in [3.63, 3.8) is 0 Å². The average molecular weight is 230 g/mol. The van der Waals surface area contributed by atoms with Gasteiger partial charge < -0.3 is 0 Å². The lowest BCUT2D eigenvalue weighted by atomic mass is 10.1. The third kappa shape index (κ3) is 6.01. The van der Waals surface area contributed by atoms with E-state index in [1.165, 1.54) is 18.2 Å². The number of carbonyl (C=O) groups excluding carboxylic acids is 1. The van der Waals surface area contributed by atoms with E-state index in [4.69, 9.17) is 0 Å². The zero-order valence-corrected chi connectivity index (χ0v) is 8.92. The van der Waals surface area contributed by atoms with Gasteiger partial charge in [-0.05, 0) is 25.0 Å². The van der Waals surface area contributed by atoms with Crippen molar-refractivity contribution in [1.82, 2.24) is 0 Å². The molecule has 0 aromatic heterocycles. The van der Waals surface area contributed by atoms with Gasteiger partial charge in [0.05, 0.1) is 0 Å². The van der Waals surface area contributed by atoms with Crippen molar-refractivity contribution in [2.45, 2.75) is 19.5 Å². The van der Waals surface area contributed by atoms with Crippen LogP contribution in [-0.2, 0) is 4.79 Å². The van der Waals surface area contributed by atoms with E-state index in [2.05, 4.69) is 6.58 Å². The molecule has 0 N–H and O–H groups in total. The Balaban J connectivity index is 4.64.